The minimum absolute atomic E-state index is 0.0926. The van der Waals surface area contributed by atoms with E-state index in [-0.39, 0.29) is 5.96 Å². The molecule has 11 heavy (non-hydrogen) atoms. The number of rotatable bonds is 2. The zero-order chi connectivity index (χ0) is 9.28. The average molecular weight is 162 g/mol. The Kier molecular flexibility index (Phi) is 9.50. The number of nitrogens with zero attached hydrogens (tertiary/aromatic N) is 1. The van der Waals surface area contributed by atoms with Crippen LogP contribution in [0.15, 0.2) is 5.10 Å². The van der Waals surface area contributed by atoms with Crippen molar-refractivity contribution in [2.45, 2.75) is 19.8 Å². The molecule has 0 aliphatic heterocycles. The van der Waals surface area contributed by atoms with E-state index in [1.54, 1.807) is 0 Å². The molecule has 0 aromatic heterocycles. The van der Waals surface area contributed by atoms with Crippen LogP contribution >= 0.6 is 0 Å². The number of hydrazone groups is 1. The van der Waals surface area contributed by atoms with Gasteiger partial charge in [-0.1, -0.05) is 6.92 Å². The SMILES string of the molecule is CCCC(=O)O.NN=C(N)N. The first-order valence-corrected chi connectivity index (χ1v) is 3.05. The van der Waals surface area contributed by atoms with Crippen LogP contribution in [0.25, 0.3) is 0 Å². The summed E-state index contributed by atoms with van der Waals surface area (Å²) >= 11 is 0. The lowest BCUT2D eigenvalue weighted by Crippen LogP contribution is -2.23. The van der Waals surface area contributed by atoms with Gasteiger partial charge in [0.15, 0.2) is 0 Å². The third-order valence-corrected chi connectivity index (χ3v) is 0.613. The monoisotopic (exact) mass is 162 g/mol. The zero-order valence-corrected chi connectivity index (χ0v) is 6.45. The summed E-state index contributed by atoms with van der Waals surface area (Å²) in [6.45, 7) is 1.84. The number of hydrogen-bond donors (Lipinski definition) is 4. The second kappa shape index (κ2) is 8.54. The summed E-state index contributed by atoms with van der Waals surface area (Å²) in [6.07, 6.45) is 1.02. The van der Waals surface area contributed by atoms with Gasteiger partial charge in [-0.05, 0) is 6.42 Å². The van der Waals surface area contributed by atoms with Crippen LogP contribution in [-0.4, -0.2) is 17.0 Å². The van der Waals surface area contributed by atoms with Crippen molar-refractivity contribution in [3.05, 3.63) is 0 Å². The Morgan fingerprint density at radius 3 is 1.91 bits per heavy atom. The van der Waals surface area contributed by atoms with Gasteiger partial charge >= 0.3 is 5.97 Å². The molecule has 0 radical (unpaired) electrons. The molecule has 0 saturated heterocycles. The molecule has 0 atom stereocenters. The van der Waals surface area contributed by atoms with Gasteiger partial charge in [-0.3, -0.25) is 4.79 Å². The molecule has 0 spiro atoms. The lowest BCUT2D eigenvalue weighted by atomic mass is 10.4. The molecule has 0 fully saturated rings. The van der Waals surface area contributed by atoms with E-state index in [0.717, 1.165) is 6.42 Å². The quantitative estimate of drug-likeness (QED) is 0.179. The molecule has 7 N–H and O–H groups in total. The summed E-state index contributed by atoms with van der Waals surface area (Å²) in [5.74, 6) is 3.71. The normalized spacial score (nSPS) is 7.36. The van der Waals surface area contributed by atoms with E-state index in [1.807, 2.05) is 6.92 Å². The van der Waals surface area contributed by atoms with Crippen molar-refractivity contribution in [3.63, 3.8) is 0 Å². The van der Waals surface area contributed by atoms with Gasteiger partial charge < -0.3 is 22.4 Å². The molecule has 0 aliphatic carbocycles. The topological polar surface area (TPSA) is 128 Å². The Hall–Kier alpha value is -1.46. The second-order valence-electron chi connectivity index (χ2n) is 1.70. The molecule has 6 heteroatoms. The van der Waals surface area contributed by atoms with Crippen LogP contribution in [0, 0.1) is 0 Å². The van der Waals surface area contributed by atoms with Gasteiger partial charge in [-0.25, -0.2) is 0 Å². The standard InChI is InChI=1S/C4H8O2.CH6N4/c1-2-3-4(5)6;2-1(3)5-4/h2-3H2,1H3,(H,5,6);4H2,(H4,2,3,5). The molecule has 0 aromatic rings. The van der Waals surface area contributed by atoms with Crippen molar-refractivity contribution >= 4 is 11.9 Å². The van der Waals surface area contributed by atoms with Crippen molar-refractivity contribution < 1.29 is 9.90 Å². The van der Waals surface area contributed by atoms with Crippen LogP contribution in [0.1, 0.15) is 19.8 Å². The van der Waals surface area contributed by atoms with E-state index in [0.29, 0.717) is 6.42 Å². The van der Waals surface area contributed by atoms with E-state index in [4.69, 9.17) is 16.6 Å². The first-order chi connectivity index (χ1) is 5.04. The van der Waals surface area contributed by atoms with Crippen LogP contribution < -0.4 is 17.3 Å². The predicted molar refractivity (Wildman–Crippen MR) is 42.5 cm³/mol. The number of hydrogen-bond acceptors (Lipinski definition) is 3. The van der Waals surface area contributed by atoms with Gasteiger partial charge in [-0.15, -0.1) is 5.10 Å². The fraction of sp³-hybridized carbons (Fsp3) is 0.600. The van der Waals surface area contributed by atoms with E-state index in [9.17, 15) is 4.79 Å². The second-order valence-corrected chi connectivity index (χ2v) is 1.70. The van der Waals surface area contributed by atoms with Gasteiger partial charge in [-0.2, -0.15) is 0 Å². The smallest absolute Gasteiger partial charge is 0.303 e. The zero-order valence-electron chi connectivity index (χ0n) is 6.45. The highest BCUT2D eigenvalue weighted by Gasteiger charge is 1.87. The van der Waals surface area contributed by atoms with Crippen LogP contribution in [0.2, 0.25) is 0 Å². The van der Waals surface area contributed by atoms with Gasteiger partial charge in [0.05, 0.1) is 0 Å². The first kappa shape index (κ1) is 12.2. The maximum atomic E-state index is 9.60. The van der Waals surface area contributed by atoms with Crippen LogP contribution in [0.5, 0.6) is 0 Å². The highest BCUT2D eigenvalue weighted by atomic mass is 16.4. The molecular weight excluding hydrogens is 148 g/mol. The van der Waals surface area contributed by atoms with Crippen molar-refractivity contribution in [1.29, 1.82) is 0 Å². The Bertz CT molecular complexity index is 130. The van der Waals surface area contributed by atoms with Gasteiger partial charge in [0, 0.05) is 6.42 Å². The van der Waals surface area contributed by atoms with Crippen molar-refractivity contribution in [2.75, 3.05) is 0 Å². The lowest BCUT2D eigenvalue weighted by Gasteiger charge is -1.79. The summed E-state index contributed by atoms with van der Waals surface area (Å²) in [7, 11) is 0. The highest BCUT2D eigenvalue weighted by Crippen LogP contribution is 1.82. The molecule has 0 rings (SSSR count). The lowest BCUT2D eigenvalue weighted by molar-refractivity contribution is -0.137. The van der Waals surface area contributed by atoms with E-state index in [2.05, 4.69) is 10.9 Å². The minimum atomic E-state index is -0.711. The molecule has 0 bridgehead atoms. The van der Waals surface area contributed by atoms with Crippen molar-refractivity contribution in [3.8, 4) is 0 Å². The Labute approximate surface area is 65.0 Å². The number of aliphatic carboxylic acids is 1. The molecule has 0 amide bonds. The maximum absolute atomic E-state index is 9.60. The first-order valence-electron chi connectivity index (χ1n) is 3.05. The molecule has 0 saturated carbocycles. The van der Waals surface area contributed by atoms with E-state index < -0.39 is 5.97 Å². The summed E-state index contributed by atoms with van der Waals surface area (Å²) in [6, 6.07) is 0. The largest absolute Gasteiger partial charge is 0.481 e. The van der Waals surface area contributed by atoms with Crippen molar-refractivity contribution in [2.24, 2.45) is 22.4 Å². The Morgan fingerprint density at radius 2 is 1.91 bits per heavy atom. The van der Waals surface area contributed by atoms with E-state index in [1.165, 1.54) is 0 Å². The van der Waals surface area contributed by atoms with Crippen LogP contribution in [-0.2, 0) is 4.79 Å². The average Bonchev–Trinajstić information content (AvgIpc) is 1.89. The molecular formula is C5H14N4O2. The molecule has 0 aromatic carbocycles. The van der Waals surface area contributed by atoms with Crippen LogP contribution in [0.3, 0.4) is 0 Å². The Balaban J connectivity index is 0. The predicted octanol–water partition coefficient (Wildman–Crippen LogP) is -0.995. The molecule has 0 unspecified atom stereocenters. The van der Waals surface area contributed by atoms with Gasteiger partial charge in [0.2, 0.25) is 5.96 Å². The fourth-order valence-electron chi connectivity index (χ4n) is 0.214. The molecule has 66 valence electrons. The number of carboxylic acids is 1. The van der Waals surface area contributed by atoms with E-state index >= 15 is 0 Å². The number of nitrogens with two attached hydrogens (primary N) is 3. The molecule has 6 nitrogen and oxygen atoms in total. The fourth-order valence-corrected chi connectivity index (χ4v) is 0.214. The summed E-state index contributed by atoms with van der Waals surface area (Å²) < 4.78 is 0. The summed E-state index contributed by atoms with van der Waals surface area (Å²) in [5, 5.41) is 10.8. The summed E-state index contributed by atoms with van der Waals surface area (Å²) in [4.78, 5) is 9.60. The number of carbonyl (C=O) groups is 1. The molecule has 0 aliphatic rings. The number of carboxylic acid groups (broad SMARTS) is 1. The summed E-state index contributed by atoms with van der Waals surface area (Å²) in [5.41, 5.74) is 9.39. The Morgan fingerprint density at radius 1 is 1.55 bits per heavy atom. The maximum Gasteiger partial charge on any atom is 0.303 e. The third-order valence-electron chi connectivity index (χ3n) is 0.613. The minimum Gasteiger partial charge on any atom is -0.481 e. The highest BCUT2D eigenvalue weighted by molar-refractivity contribution is 5.75. The number of guanidine groups is 1. The van der Waals surface area contributed by atoms with Crippen molar-refractivity contribution in [1.82, 2.24) is 0 Å². The van der Waals surface area contributed by atoms with Gasteiger partial charge in [0.25, 0.3) is 0 Å². The molecule has 0 heterocycles. The van der Waals surface area contributed by atoms with Gasteiger partial charge in [0.1, 0.15) is 0 Å². The third kappa shape index (κ3) is 29.1. The van der Waals surface area contributed by atoms with Crippen LogP contribution in [0.4, 0.5) is 0 Å².